The maximum absolute atomic E-state index is 13.0. The largest absolute Gasteiger partial charge is 0.466 e. The van der Waals surface area contributed by atoms with Gasteiger partial charge in [-0.2, -0.15) is 0 Å². The Hall–Kier alpha value is -4.14. The Balaban J connectivity index is 1.77. The predicted molar refractivity (Wildman–Crippen MR) is 123 cm³/mol. The number of methoxy groups -OCH3 is 1. The molecule has 2 amide bonds. The van der Waals surface area contributed by atoms with Crippen LogP contribution in [0.1, 0.15) is 30.1 Å². The van der Waals surface area contributed by atoms with Gasteiger partial charge in [-0.25, -0.2) is 4.79 Å². The van der Waals surface area contributed by atoms with Crippen molar-refractivity contribution in [2.75, 3.05) is 12.4 Å². The number of esters is 1. The third-order valence-electron chi connectivity index (χ3n) is 5.04. The van der Waals surface area contributed by atoms with Gasteiger partial charge in [-0.05, 0) is 50.1 Å². The Morgan fingerprint density at radius 1 is 1.21 bits per heavy atom. The molecule has 0 bridgehead atoms. The van der Waals surface area contributed by atoms with Crippen LogP contribution in [-0.4, -0.2) is 35.5 Å². The molecule has 0 aliphatic heterocycles. The first-order chi connectivity index (χ1) is 15.9. The molecule has 0 fully saturated rings. The van der Waals surface area contributed by atoms with Crippen LogP contribution in [0.5, 0.6) is 0 Å². The van der Waals surface area contributed by atoms with Crippen molar-refractivity contribution in [3.8, 4) is 0 Å². The van der Waals surface area contributed by atoms with Crippen LogP contribution in [0.25, 0.3) is 11.0 Å². The molecule has 0 saturated carbocycles. The maximum atomic E-state index is 13.0. The summed E-state index contributed by atoms with van der Waals surface area (Å²) in [4.78, 5) is 49.5. The summed E-state index contributed by atoms with van der Waals surface area (Å²) in [5.41, 5.74) is 0.653. The number of aromatic nitrogens is 1. The second-order valence-corrected chi connectivity index (χ2v) is 7.20. The smallest absolute Gasteiger partial charge is 0.330 e. The van der Waals surface area contributed by atoms with E-state index in [2.05, 4.69) is 15.4 Å². The Morgan fingerprint density at radius 3 is 2.79 bits per heavy atom. The van der Waals surface area contributed by atoms with Crippen molar-refractivity contribution < 1.29 is 23.5 Å². The highest BCUT2D eigenvalue weighted by Crippen LogP contribution is 2.17. The molecule has 2 heterocycles. The third-order valence-corrected chi connectivity index (χ3v) is 5.04. The molecule has 1 unspecified atom stereocenters. The number of anilines is 1. The lowest BCUT2D eigenvalue weighted by molar-refractivity contribution is -0.134. The van der Waals surface area contributed by atoms with Gasteiger partial charge in [0, 0.05) is 29.8 Å². The van der Waals surface area contributed by atoms with E-state index < -0.39 is 23.8 Å². The van der Waals surface area contributed by atoms with Crippen LogP contribution < -0.4 is 16.2 Å². The molecule has 0 spiro atoms. The van der Waals surface area contributed by atoms with Gasteiger partial charge >= 0.3 is 5.97 Å². The van der Waals surface area contributed by atoms with E-state index >= 15 is 0 Å². The second-order valence-electron chi connectivity index (χ2n) is 7.20. The van der Waals surface area contributed by atoms with Crippen LogP contribution in [0.2, 0.25) is 0 Å². The van der Waals surface area contributed by atoms with Crippen molar-refractivity contribution in [2.24, 2.45) is 0 Å². The number of carbonyl (C=O) groups excluding carboxylic acids is 3. The van der Waals surface area contributed by atoms with Crippen molar-refractivity contribution in [1.29, 1.82) is 0 Å². The van der Waals surface area contributed by atoms with E-state index in [1.807, 2.05) is 6.92 Å². The molecule has 2 N–H and O–H groups in total. The normalized spacial score (nSPS) is 11.9. The number of carbonyl (C=O) groups is 3. The van der Waals surface area contributed by atoms with Crippen LogP contribution >= 0.6 is 0 Å². The molecule has 9 heteroatoms. The van der Waals surface area contributed by atoms with Crippen LogP contribution in [0.4, 0.5) is 5.69 Å². The molecule has 1 atom stereocenters. The average molecular weight is 451 g/mol. The minimum atomic E-state index is -0.957. The Bertz CT molecular complexity index is 1240. The molecular weight excluding hydrogens is 426 g/mol. The number of fused-ring (bicyclic) bond motifs is 1. The topological polar surface area (TPSA) is 120 Å². The van der Waals surface area contributed by atoms with E-state index in [4.69, 9.17) is 4.42 Å². The minimum absolute atomic E-state index is 0.116. The zero-order valence-corrected chi connectivity index (χ0v) is 18.4. The van der Waals surface area contributed by atoms with Gasteiger partial charge in [0.2, 0.25) is 5.91 Å². The molecule has 33 heavy (non-hydrogen) atoms. The Morgan fingerprint density at radius 2 is 2.03 bits per heavy atom. The lowest BCUT2D eigenvalue weighted by atomic mass is 10.1. The Labute approximate surface area is 190 Å². The number of nitrogens with one attached hydrogen (secondary N) is 2. The van der Waals surface area contributed by atoms with E-state index in [1.54, 1.807) is 42.6 Å². The third kappa shape index (κ3) is 5.97. The molecule has 1 aromatic carbocycles. The lowest BCUT2D eigenvalue weighted by Crippen LogP contribution is -2.44. The van der Waals surface area contributed by atoms with E-state index in [0.29, 0.717) is 24.1 Å². The summed E-state index contributed by atoms with van der Waals surface area (Å²) in [5.74, 6) is -1.53. The standard InChI is InChI=1S/C24H25N3O6/c1-3-27-13-6-8-19(24(27)31)26-23(30)18(7-4-5-9-21(28)32-2)25-22(29)17-11-10-16-12-14-33-20(16)15-17/h5-6,8-15,18H,3-4,7H2,1-2H3,(H,25,29)(H,26,30)/b9-5+. The first kappa shape index (κ1) is 23.5. The molecular formula is C24H25N3O6. The van der Waals surface area contributed by atoms with Gasteiger partial charge < -0.3 is 24.4 Å². The van der Waals surface area contributed by atoms with E-state index in [-0.39, 0.29) is 17.7 Å². The maximum Gasteiger partial charge on any atom is 0.330 e. The van der Waals surface area contributed by atoms with Gasteiger partial charge in [0.15, 0.2) is 0 Å². The van der Waals surface area contributed by atoms with E-state index in [0.717, 1.165) is 5.39 Å². The number of amides is 2. The van der Waals surface area contributed by atoms with Crippen molar-refractivity contribution in [2.45, 2.75) is 32.4 Å². The monoisotopic (exact) mass is 451 g/mol. The number of pyridine rings is 1. The summed E-state index contributed by atoms with van der Waals surface area (Å²) < 4.78 is 11.3. The van der Waals surface area contributed by atoms with Crippen LogP contribution in [0.15, 0.2) is 70.2 Å². The fourth-order valence-corrected chi connectivity index (χ4v) is 3.22. The number of allylic oxidation sites excluding steroid dienone is 1. The summed E-state index contributed by atoms with van der Waals surface area (Å²) in [7, 11) is 1.27. The predicted octanol–water partition coefficient (Wildman–Crippen LogP) is 2.86. The van der Waals surface area contributed by atoms with E-state index in [1.165, 1.54) is 30.1 Å². The van der Waals surface area contributed by atoms with Gasteiger partial charge in [-0.3, -0.25) is 14.4 Å². The summed E-state index contributed by atoms with van der Waals surface area (Å²) in [6.07, 6.45) is 6.47. The number of aryl methyl sites for hydroxylation is 1. The number of furan rings is 1. The highest BCUT2D eigenvalue weighted by molar-refractivity contribution is 6.02. The molecule has 3 aromatic rings. The average Bonchev–Trinajstić information content (AvgIpc) is 3.29. The summed E-state index contributed by atoms with van der Waals surface area (Å²) in [6, 6.07) is 8.97. The van der Waals surface area contributed by atoms with Crippen LogP contribution in [0, 0.1) is 0 Å². The zero-order valence-electron chi connectivity index (χ0n) is 18.4. The van der Waals surface area contributed by atoms with E-state index in [9.17, 15) is 19.2 Å². The number of benzene rings is 1. The summed E-state index contributed by atoms with van der Waals surface area (Å²) in [5, 5.41) is 6.17. The summed E-state index contributed by atoms with van der Waals surface area (Å²) in [6.45, 7) is 2.27. The number of hydrogen-bond donors (Lipinski definition) is 2. The van der Waals surface area contributed by atoms with Gasteiger partial charge in [0.25, 0.3) is 11.5 Å². The lowest BCUT2D eigenvalue weighted by Gasteiger charge is -2.18. The fourth-order valence-electron chi connectivity index (χ4n) is 3.22. The summed E-state index contributed by atoms with van der Waals surface area (Å²) >= 11 is 0. The molecule has 0 saturated heterocycles. The SMILES string of the molecule is CCn1cccc(NC(=O)C(CC/C=C/C(=O)OC)NC(=O)c2ccc3ccoc3c2)c1=O. The second kappa shape index (κ2) is 10.9. The van der Waals surface area contributed by atoms with Gasteiger partial charge in [0.05, 0.1) is 13.4 Å². The molecule has 0 radical (unpaired) electrons. The van der Waals surface area contributed by atoms with Crippen molar-refractivity contribution in [1.82, 2.24) is 9.88 Å². The quantitative estimate of drug-likeness (QED) is 0.381. The first-order valence-corrected chi connectivity index (χ1v) is 10.5. The molecule has 2 aromatic heterocycles. The Kier molecular flexibility index (Phi) is 7.80. The fraction of sp³-hybridized carbons (Fsp3) is 0.250. The van der Waals surface area contributed by atoms with Crippen molar-refractivity contribution >= 4 is 34.4 Å². The molecule has 0 aliphatic rings. The zero-order chi connectivity index (χ0) is 23.8. The van der Waals surface area contributed by atoms with Gasteiger partial charge in [0.1, 0.15) is 17.3 Å². The number of ether oxygens (including phenoxy) is 1. The van der Waals surface area contributed by atoms with Crippen molar-refractivity contribution in [3.63, 3.8) is 0 Å². The van der Waals surface area contributed by atoms with Crippen LogP contribution in [-0.2, 0) is 20.9 Å². The molecule has 3 rings (SSSR count). The minimum Gasteiger partial charge on any atom is -0.466 e. The van der Waals surface area contributed by atoms with Gasteiger partial charge in [-0.15, -0.1) is 0 Å². The highest BCUT2D eigenvalue weighted by Gasteiger charge is 2.22. The van der Waals surface area contributed by atoms with Gasteiger partial charge in [-0.1, -0.05) is 12.1 Å². The number of hydrogen-bond acceptors (Lipinski definition) is 6. The first-order valence-electron chi connectivity index (χ1n) is 10.5. The molecule has 0 aliphatic carbocycles. The van der Waals surface area contributed by atoms with Crippen LogP contribution in [0.3, 0.4) is 0 Å². The molecule has 172 valence electrons. The number of nitrogens with zero attached hydrogens (tertiary/aromatic N) is 1. The van der Waals surface area contributed by atoms with Crippen molar-refractivity contribution in [3.05, 3.63) is 76.9 Å². The molecule has 9 nitrogen and oxygen atoms in total. The highest BCUT2D eigenvalue weighted by atomic mass is 16.5. The number of rotatable bonds is 9.